The lowest BCUT2D eigenvalue weighted by molar-refractivity contribution is -0.384. The third-order valence-electron chi connectivity index (χ3n) is 4.23. The number of non-ortho nitro benzene ring substituents is 1. The molecule has 142 valence electrons. The molecule has 28 heavy (non-hydrogen) atoms. The second-order valence-electron chi connectivity index (χ2n) is 6.16. The summed E-state index contributed by atoms with van der Waals surface area (Å²) in [5, 5.41) is 21.9. The Bertz CT molecular complexity index is 997. The molecule has 0 aliphatic carbocycles. The van der Waals surface area contributed by atoms with Crippen molar-refractivity contribution in [2.45, 2.75) is 18.8 Å². The number of carboxylic acid groups (broad SMARTS) is 1. The number of aliphatic imine (C=N–C) groups is 1. The van der Waals surface area contributed by atoms with E-state index < -0.39 is 28.6 Å². The molecule has 2 amide bonds. The standard InChI is InChI=1S/C19H15N3O6/c23-15(24)9-6-11-4-7-13(8-5-11)20-17-16(18(25)21-19(17)26)12-2-1-3-14(10-12)22(27)28/h1-5,7-8,10,16H,6,9H2,(H,23,24)(H,21,25,26). The second kappa shape index (κ2) is 7.78. The van der Waals surface area contributed by atoms with Crippen molar-refractivity contribution in [3.05, 3.63) is 69.8 Å². The van der Waals surface area contributed by atoms with E-state index in [1.807, 2.05) is 0 Å². The van der Waals surface area contributed by atoms with Crippen molar-refractivity contribution in [2.24, 2.45) is 4.99 Å². The number of imide groups is 1. The number of aryl methyl sites for hydroxylation is 1. The zero-order valence-electron chi connectivity index (χ0n) is 14.5. The largest absolute Gasteiger partial charge is 0.481 e. The van der Waals surface area contributed by atoms with Crippen LogP contribution in [0.4, 0.5) is 11.4 Å². The van der Waals surface area contributed by atoms with E-state index in [1.165, 1.54) is 24.3 Å². The number of nitro benzene ring substituents is 1. The SMILES string of the molecule is O=C(O)CCc1ccc(N=C2C(=O)NC(=O)C2c2cccc([N+](=O)[O-])c2)cc1. The van der Waals surface area contributed by atoms with Gasteiger partial charge in [0.2, 0.25) is 5.91 Å². The molecule has 9 nitrogen and oxygen atoms in total. The summed E-state index contributed by atoms with van der Waals surface area (Å²) < 4.78 is 0. The highest BCUT2D eigenvalue weighted by Gasteiger charge is 2.39. The Morgan fingerprint density at radius 1 is 1.18 bits per heavy atom. The van der Waals surface area contributed by atoms with Gasteiger partial charge in [-0.2, -0.15) is 0 Å². The Morgan fingerprint density at radius 2 is 1.89 bits per heavy atom. The van der Waals surface area contributed by atoms with Gasteiger partial charge < -0.3 is 5.11 Å². The van der Waals surface area contributed by atoms with Crippen LogP contribution in [0.2, 0.25) is 0 Å². The number of nitrogens with one attached hydrogen (secondary N) is 1. The van der Waals surface area contributed by atoms with Crippen molar-refractivity contribution in [1.29, 1.82) is 0 Å². The van der Waals surface area contributed by atoms with Gasteiger partial charge in [-0.3, -0.25) is 29.8 Å². The molecule has 2 aromatic rings. The molecule has 0 saturated carbocycles. The summed E-state index contributed by atoms with van der Waals surface area (Å²) in [6.07, 6.45) is 0.362. The van der Waals surface area contributed by atoms with Gasteiger partial charge in [-0.1, -0.05) is 24.3 Å². The number of benzene rings is 2. The average Bonchev–Trinajstić information content (AvgIpc) is 2.94. The quantitative estimate of drug-likeness (QED) is 0.446. The molecule has 1 saturated heterocycles. The van der Waals surface area contributed by atoms with Gasteiger partial charge in [-0.25, -0.2) is 4.99 Å². The fraction of sp³-hybridized carbons (Fsp3) is 0.158. The molecule has 0 bridgehead atoms. The van der Waals surface area contributed by atoms with Crippen LogP contribution in [0, 0.1) is 10.1 Å². The molecule has 1 heterocycles. The van der Waals surface area contributed by atoms with Crippen LogP contribution in [-0.2, 0) is 20.8 Å². The Labute approximate surface area is 158 Å². The molecule has 3 rings (SSSR count). The first-order valence-electron chi connectivity index (χ1n) is 8.34. The molecule has 9 heteroatoms. The van der Waals surface area contributed by atoms with Crippen LogP contribution in [0.25, 0.3) is 0 Å². The zero-order chi connectivity index (χ0) is 20.3. The number of nitro groups is 1. The van der Waals surface area contributed by atoms with Crippen molar-refractivity contribution in [3.8, 4) is 0 Å². The highest BCUT2D eigenvalue weighted by Crippen LogP contribution is 2.28. The van der Waals surface area contributed by atoms with Crippen molar-refractivity contribution < 1.29 is 24.4 Å². The maximum Gasteiger partial charge on any atom is 0.303 e. The summed E-state index contributed by atoms with van der Waals surface area (Å²) in [5.41, 5.74) is 1.27. The van der Waals surface area contributed by atoms with E-state index in [4.69, 9.17) is 5.11 Å². The Balaban J connectivity index is 1.91. The molecular formula is C19H15N3O6. The molecule has 0 aromatic heterocycles. The second-order valence-corrected chi connectivity index (χ2v) is 6.16. The lowest BCUT2D eigenvalue weighted by Gasteiger charge is -2.08. The number of carboxylic acids is 1. The molecule has 1 atom stereocenters. The fourth-order valence-electron chi connectivity index (χ4n) is 2.87. The number of rotatable bonds is 6. The first-order valence-corrected chi connectivity index (χ1v) is 8.34. The zero-order valence-corrected chi connectivity index (χ0v) is 14.5. The van der Waals surface area contributed by atoms with Gasteiger partial charge in [0.1, 0.15) is 11.6 Å². The summed E-state index contributed by atoms with van der Waals surface area (Å²) in [6, 6.07) is 12.1. The van der Waals surface area contributed by atoms with E-state index >= 15 is 0 Å². The number of amides is 2. The van der Waals surface area contributed by atoms with Gasteiger partial charge in [0.05, 0.1) is 10.6 Å². The number of hydrogen-bond acceptors (Lipinski definition) is 6. The van der Waals surface area contributed by atoms with Crippen molar-refractivity contribution in [3.63, 3.8) is 0 Å². The Kier molecular flexibility index (Phi) is 5.25. The topological polar surface area (TPSA) is 139 Å². The lowest BCUT2D eigenvalue weighted by Crippen LogP contribution is -2.22. The number of hydrogen-bond donors (Lipinski definition) is 2. The number of carbonyl (C=O) groups excluding carboxylic acids is 2. The molecule has 1 fully saturated rings. The highest BCUT2D eigenvalue weighted by molar-refractivity contribution is 6.52. The van der Waals surface area contributed by atoms with E-state index in [9.17, 15) is 24.5 Å². The molecule has 0 spiro atoms. The molecule has 1 aliphatic rings. The summed E-state index contributed by atoms with van der Waals surface area (Å²) >= 11 is 0. The maximum absolute atomic E-state index is 12.2. The van der Waals surface area contributed by atoms with Gasteiger partial charge in [-0.15, -0.1) is 0 Å². The first kappa shape index (κ1) is 18.9. The average molecular weight is 381 g/mol. The third kappa shape index (κ3) is 4.09. The minimum atomic E-state index is -1.04. The van der Waals surface area contributed by atoms with E-state index in [2.05, 4.69) is 10.3 Å². The summed E-state index contributed by atoms with van der Waals surface area (Å²) in [4.78, 5) is 49.7. The lowest BCUT2D eigenvalue weighted by atomic mass is 9.95. The fourth-order valence-corrected chi connectivity index (χ4v) is 2.87. The van der Waals surface area contributed by atoms with Crippen LogP contribution in [-0.4, -0.2) is 33.5 Å². The predicted molar refractivity (Wildman–Crippen MR) is 98.5 cm³/mol. The minimum Gasteiger partial charge on any atom is -0.481 e. The summed E-state index contributed by atoms with van der Waals surface area (Å²) in [7, 11) is 0. The summed E-state index contributed by atoms with van der Waals surface area (Å²) in [6.45, 7) is 0. The van der Waals surface area contributed by atoms with E-state index in [1.54, 1.807) is 24.3 Å². The summed E-state index contributed by atoms with van der Waals surface area (Å²) in [5.74, 6) is -3.19. The van der Waals surface area contributed by atoms with Crippen LogP contribution in [0.1, 0.15) is 23.5 Å². The molecule has 2 aromatic carbocycles. The van der Waals surface area contributed by atoms with Crippen LogP contribution in [0.3, 0.4) is 0 Å². The van der Waals surface area contributed by atoms with Crippen LogP contribution in [0.15, 0.2) is 53.5 Å². The van der Waals surface area contributed by atoms with Gasteiger partial charge >= 0.3 is 5.97 Å². The highest BCUT2D eigenvalue weighted by atomic mass is 16.6. The van der Waals surface area contributed by atoms with E-state index in [0.717, 1.165) is 5.56 Å². The molecular weight excluding hydrogens is 366 g/mol. The first-order chi connectivity index (χ1) is 13.3. The monoisotopic (exact) mass is 381 g/mol. The number of nitrogens with zero attached hydrogens (tertiary/aromatic N) is 2. The van der Waals surface area contributed by atoms with Gasteiger partial charge in [0.15, 0.2) is 0 Å². The molecule has 2 N–H and O–H groups in total. The van der Waals surface area contributed by atoms with Gasteiger partial charge in [0.25, 0.3) is 11.6 Å². The number of carbonyl (C=O) groups is 3. The van der Waals surface area contributed by atoms with E-state index in [0.29, 0.717) is 17.7 Å². The van der Waals surface area contributed by atoms with Crippen molar-refractivity contribution in [2.75, 3.05) is 0 Å². The van der Waals surface area contributed by atoms with Gasteiger partial charge in [0, 0.05) is 18.6 Å². The van der Waals surface area contributed by atoms with Crippen molar-refractivity contribution in [1.82, 2.24) is 5.32 Å². The van der Waals surface area contributed by atoms with Crippen LogP contribution < -0.4 is 5.32 Å². The number of aliphatic carboxylic acids is 1. The molecule has 0 radical (unpaired) electrons. The van der Waals surface area contributed by atoms with Crippen LogP contribution >= 0.6 is 0 Å². The smallest absolute Gasteiger partial charge is 0.303 e. The third-order valence-corrected chi connectivity index (χ3v) is 4.23. The van der Waals surface area contributed by atoms with Gasteiger partial charge in [-0.05, 0) is 29.7 Å². The predicted octanol–water partition coefficient (Wildman–Crippen LogP) is 2.12. The Hall–Kier alpha value is -3.88. The van der Waals surface area contributed by atoms with E-state index in [-0.39, 0.29) is 17.8 Å². The Morgan fingerprint density at radius 3 is 2.54 bits per heavy atom. The normalized spacial score (nSPS) is 17.6. The maximum atomic E-state index is 12.2. The molecule has 1 aliphatic heterocycles. The van der Waals surface area contributed by atoms with Crippen LogP contribution in [0.5, 0.6) is 0 Å². The molecule has 1 unspecified atom stereocenters. The van der Waals surface area contributed by atoms with Crippen molar-refractivity contribution >= 4 is 34.9 Å². The minimum absolute atomic E-state index is 0.000364.